The molecule has 0 radical (unpaired) electrons. The number of rotatable bonds is 5. The lowest BCUT2D eigenvalue weighted by Crippen LogP contribution is -2.35. The average molecular weight is 216 g/mol. The van der Waals surface area contributed by atoms with Crippen molar-refractivity contribution < 1.29 is 13.6 Å². The van der Waals surface area contributed by atoms with Gasteiger partial charge in [0.05, 0.1) is 11.9 Å². The van der Waals surface area contributed by atoms with Crippen molar-refractivity contribution in [3.63, 3.8) is 0 Å². The standard InChI is InChI=1S/C6H15ClNO3P/c1-5(2)8(6(3)4)11-12(9)10-7/h5-6,9H,1-4H3. The second kappa shape index (κ2) is 6.08. The molecule has 0 heterocycles. The predicted molar refractivity (Wildman–Crippen MR) is 49.3 cm³/mol. The molecule has 1 N–H and O–H groups in total. The van der Waals surface area contributed by atoms with Gasteiger partial charge in [-0.25, -0.2) is 4.62 Å². The molecule has 0 aromatic rings. The van der Waals surface area contributed by atoms with Crippen LogP contribution in [0.3, 0.4) is 0 Å². The van der Waals surface area contributed by atoms with Crippen LogP contribution in [-0.2, 0) is 8.70 Å². The molecule has 0 amide bonds. The monoisotopic (exact) mass is 215 g/mol. The van der Waals surface area contributed by atoms with Crippen LogP contribution in [0, 0.1) is 0 Å². The van der Waals surface area contributed by atoms with Crippen molar-refractivity contribution >= 4 is 20.5 Å². The molecule has 0 aliphatic carbocycles. The van der Waals surface area contributed by atoms with E-state index in [4.69, 9.17) is 21.4 Å². The number of hydrogen-bond donors (Lipinski definition) is 1. The third-order valence-electron chi connectivity index (χ3n) is 1.24. The second-order valence-electron chi connectivity index (χ2n) is 2.94. The Hall–Kier alpha value is 0.560. The third-order valence-corrected chi connectivity index (χ3v) is 2.04. The molecule has 74 valence electrons. The van der Waals surface area contributed by atoms with Crippen LogP contribution in [0.1, 0.15) is 27.7 Å². The van der Waals surface area contributed by atoms with Gasteiger partial charge in [-0.3, -0.25) is 0 Å². The molecule has 0 fully saturated rings. The maximum absolute atomic E-state index is 8.97. The van der Waals surface area contributed by atoms with Crippen molar-refractivity contribution in [1.29, 1.82) is 0 Å². The summed E-state index contributed by atoms with van der Waals surface area (Å²) in [7, 11) is -1.99. The number of hydroxylamine groups is 2. The van der Waals surface area contributed by atoms with Crippen molar-refractivity contribution in [2.45, 2.75) is 39.8 Å². The van der Waals surface area contributed by atoms with Gasteiger partial charge in [0.2, 0.25) is 0 Å². The quantitative estimate of drug-likeness (QED) is 0.565. The van der Waals surface area contributed by atoms with Gasteiger partial charge in [-0.05, 0) is 27.7 Å². The first-order chi connectivity index (χ1) is 5.49. The minimum Gasteiger partial charge on any atom is -0.326 e. The van der Waals surface area contributed by atoms with Crippen molar-refractivity contribution in [3.8, 4) is 0 Å². The largest absolute Gasteiger partial charge is 0.366 e. The fourth-order valence-corrected chi connectivity index (χ4v) is 1.52. The Morgan fingerprint density at radius 2 is 1.67 bits per heavy atom. The fourth-order valence-electron chi connectivity index (χ4n) is 0.878. The highest BCUT2D eigenvalue weighted by atomic mass is 35.5. The lowest BCUT2D eigenvalue weighted by molar-refractivity contribution is -0.116. The van der Waals surface area contributed by atoms with Crippen LogP contribution >= 0.6 is 20.5 Å². The molecule has 0 aliphatic heterocycles. The third kappa shape index (κ3) is 4.55. The molecule has 0 aromatic carbocycles. The molecule has 1 atom stereocenters. The van der Waals surface area contributed by atoms with E-state index in [9.17, 15) is 0 Å². The van der Waals surface area contributed by atoms with Crippen LogP contribution in [0.4, 0.5) is 0 Å². The molecule has 0 aromatic heterocycles. The Balaban J connectivity index is 3.95. The molecule has 4 nitrogen and oxygen atoms in total. The van der Waals surface area contributed by atoms with E-state index in [1.54, 1.807) is 5.06 Å². The zero-order valence-electron chi connectivity index (χ0n) is 7.69. The highest BCUT2D eigenvalue weighted by Crippen LogP contribution is 2.36. The molecule has 0 spiro atoms. The van der Waals surface area contributed by atoms with Gasteiger partial charge in [-0.15, -0.1) is 0 Å². The Kier molecular flexibility index (Phi) is 6.36. The van der Waals surface area contributed by atoms with Crippen LogP contribution in [-0.4, -0.2) is 22.0 Å². The van der Waals surface area contributed by atoms with Gasteiger partial charge in [-0.2, -0.15) is 9.14 Å². The highest BCUT2D eigenvalue weighted by Gasteiger charge is 2.19. The average Bonchev–Trinajstić information content (AvgIpc) is 1.98. The molecule has 0 rings (SSSR count). The summed E-state index contributed by atoms with van der Waals surface area (Å²) in [5, 5.41) is 1.63. The molecule has 0 saturated heterocycles. The van der Waals surface area contributed by atoms with Crippen LogP contribution in [0.5, 0.6) is 0 Å². The maximum Gasteiger partial charge on any atom is 0.366 e. The molecule has 0 bridgehead atoms. The maximum atomic E-state index is 8.97. The topological polar surface area (TPSA) is 41.9 Å². The van der Waals surface area contributed by atoms with Gasteiger partial charge < -0.3 is 4.89 Å². The summed E-state index contributed by atoms with van der Waals surface area (Å²) in [5.74, 6) is 0. The van der Waals surface area contributed by atoms with Crippen LogP contribution in [0.2, 0.25) is 0 Å². The van der Waals surface area contributed by atoms with E-state index in [2.05, 4.69) is 4.08 Å². The first-order valence-corrected chi connectivity index (χ1v) is 5.17. The number of halogens is 1. The van der Waals surface area contributed by atoms with Gasteiger partial charge >= 0.3 is 8.60 Å². The first kappa shape index (κ1) is 12.6. The fraction of sp³-hybridized carbons (Fsp3) is 1.00. The van der Waals surface area contributed by atoms with Crippen molar-refractivity contribution in [3.05, 3.63) is 0 Å². The van der Waals surface area contributed by atoms with Gasteiger partial charge in [0.15, 0.2) is 0 Å². The number of hydrogen-bond acceptors (Lipinski definition) is 4. The van der Waals surface area contributed by atoms with Crippen molar-refractivity contribution in [2.24, 2.45) is 0 Å². The lowest BCUT2D eigenvalue weighted by atomic mass is 10.3. The SMILES string of the molecule is CC(C)N(OP(O)OCl)C(C)C. The molecular weight excluding hydrogens is 200 g/mol. The summed E-state index contributed by atoms with van der Waals surface area (Å²) in [4.78, 5) is 8.97. The first-order valence-electron chi connectivity index (χ1n) is 3.73. The predicted octanol–water partition coefficient (Wildman–Crippen LogP) is 2.43. The second-order valence-corrected chi connectivity index (χ2v) is 4.13. The van der Waals surface area contributed by atoms with Crippen LogP contribution < -0.4 is 0 Å². The molecule has 6 heteroatoms. The summed E-state index contributed by atoms with van der Waals surface area (Å²) in [5.41, 5.74) is 0. The van der Waals surface area contributed by atoms with E-state index < -0.39 is 8.60 Å². The van der Waals surface area contributed by atoms with Crippen molar-refractivity contribution in [1.82, 2.24) is 5.06 Å². The molecule has 1 unspecified atom stereocenters. The van der Waals surface area contributed by atoms with E-state index in [0.29, 0.717) is 0 Å². The van der Waals surface area contributed by atoms with Gasteiger partial charge in [0.25, 0.3) is 0 Å². The smallest absolute Gasteiger partial charge is 0.326 e. The van der Waals surface area contributed by atoms with E-state index in [-0.39, 0.29) is 12.1 Å². The van der Waals surface area contributed by atoms with Gasteiger partial charge in [0.1, 0.15) is 0 Å². The Labute approximate surface area is 79.5 Å². The minimum atomic E-state index is -1.99. The van der Waals surface area contributed by atoms with Gasteiger partial charge in [-0.1, -0.05) is 0 Å². The molecule has 0 aliphatic rings. The van der Waals surface area contributed by atoms with E-state index >= 15 is 0 Å². The highest BCUT2D eigenvalue weighted by molar-refractivity contribution is 7.41. The zero-order valence-corrected chi connectivity index (χ0v) is 9.34. The van der Waals surface area contributed by atoms with E-state index in [1.165, 1.54) is 0 Å². The summed E-state index contributed by atoms with van der Waals surface area (Å²) < 4.78 is 9.13. The molecule has 12 heavy (non-hydrogen) atoms. The summed E-state index contributed by atoms with van der Waals surface area (Å²) >= 11 is 4.93. The zero-order chi connectivity index (χ0) is 9.72. The summed E-state index contributed by atoms with van der Waals surface area (Å²) in [6, 6.07) is 0.350. The normalized spacial score (nSPS) is 14.8. The molecular formula is C6H15ClNO3P. The van der Waals surface area contributed by atoms with Crippen LogP contribution in [0.25, 0.3) is 0 Å². The summed E-state index contributed by atoms with van der Waals surface area (Å²) in [6.45, 7) is 7.82. The minimum absolute atomic E-state index is 0.175. The lowest BCUT2D eigenvalue weighted by Gasteiger charge is -2.29. The van der Waals surface area contributed by atoms with E-state index in [1.807, 2.05) is 27.7 Å². The Bertz CT molecular complexity index is 117. The number of nitrogens with zero attached hydrogens (tertiary/aromatic N) is 1. The molecule has 0 saturated carbocycles. The van der Waals surface area contributed by atoms with Crippen LogP contribution in [0.15, 0.2) is 0 Å². The Morgan fingerprint density at radius 1 is 1.25 bits per heavy atom. The summed E-state index contributed by atoms with van der Waals surface area (Å²) in [6.07, 6.45) is 0. The Morgan fingerprint density at radius 3 is 1.92 bits per heavy atom. The van der Waals surface area contributed by atoms with E-state index in [0.717, 1.165) is 0 Å². The van der Waals surface area contributed by atoms with Gasteiger partial charge in [0, 0.05) is 12.1 Å². The van der Waals surface area contributed by atoms with Crippen molar-refractivity contribution in [2.75, 3.05) is 0 Å².